The number of aromatic nitrogens is 3. The molecular formula is C20H17N3O6. The average molecular weight is 395 g/mol. The molecule has 0 saturated heterocycles. The summed E-state index contributed by atoms with van der Waals surface area (Å²) in [4.78, 5) is 32.0. The first-order chi connectivity index (χ1) is 14.1. The highest BCUT2D eigenvalue weighted by atomic mass is 16.5. The Bertz CT molecular complexity index is 1220. The predicted molar refractivity (Wildman–Crippen MR) is 102 cm³/mol. The van der Waals surface area contributed by atoms with E-state index in [0.29, 0.717) is 24.0 Å². The van der Waals surface area contributed by atoms with E-state index in [0.717, 1.165) is 15.9 Å². The van der Waals surface area contributed by atoms with E-state index in [9.17, 15) is 9.59 Å². The Morgan fingerprint density at radius 1 is 1.21 bits per heavy atom. The van der Waals surface area contributed by atoms with Crippen LogP contribution in [0, 0.1) is 0 Å². The van der Waals surface area contributed by atoms with E-state index < -0.39 is 18.1 Å². The molecule has 0 aliphatic heterocycles. The molecule has 4 rings (SSSR count). The van der Waals surface area contributed by atoms with Crippen molar-refractivity contribution in [3.8, 4) is 17.5 Å². The number of nitrogens with zero attached hydrogens (tertiary/aromatic N) is 3. The van der Waals surface area contributed by atoms with Crippen molar-refractivity contribution in [3.05, 3.63) is 64.4 Å². The Morgan fingerprint density at radius 2 is 2.00 bits per heavy atom. The zero-order valence-corrected chi connectivity index (χ0v) is 15.5. The number of benzene rings is 1. The fourth-order valence-electron chi connectivity index (χ4n) is 3.16. The summed E-state index contributed by atoms with van der Waals surface area (Å²) in [5.74, 6) is -0.172. The first-order valence-electron chi connectivity index (χ1n) is 8.83. The lowest BCUT2D eigenvalue weighted by Gasteiger charge is -2.09. The number of aryl methyl sites for hydroxylation is 2. The summed E-state index contributed by atoms with van der Waals surface area (Å²) < 4.78 is 17.5. The SMILES string of the molecule is COc1ccccc1CCc1cn(CC(=O)O)c(=O)c2nc(-c3ncco3)oc12. The number of oxazole rings is 2. The fraction of sp³-hybridized carbons (Fsp3) is 0.200. The molecule has 29 heavy (non-hydrogen) atoms. The van der Waals surface area contributed by atoms with Crippen LogP contribution >= 0.6 is 0 Å². The Kier molecular flexibility index (Phi) is 4.86. The molecule has 0 saturated carbocycles. The van der Waals surface area contributed by atoms with Gasteiger partial charge < -0.3 is 23.2 Å². The maximum atomic E-state index is 12.7. The van der Waals surface area contributed by atoms with Gasteiger partial charge in [0.05, 0.1) is 13.3 Å². The van der Waals surface area contributed by atoms with Crippen LogP contribution in [0.3, 0.4) is 0 Å². The van der Waals surface area contributed by atoms with E-state index in [-0.39, 0.29) is 17.3 Å². The molecule has 1 N–H and O–H groups in total. The monoisotopic (exact) mass is 395 g/mol. The van der Waals surface area contributed by atoms with Gasteiger partial charge in [-0.1, -0.05) is 18.2 Å². The summed E-state index contributed by atoms with van der Waals surface area (Å²) in [6, 6.07) is 7.61. The zero-order valence-electron chi connectivity index (χ0n) is 15.5. The summed E-state index contributed by atoms with van der Waals surface area (Å²) in [5.41, 5.74) is 1.41. The number of ether oxygens (including phenoxy) is 1. The maximum Gasteiger partial charge on any atom is 0.323 e. The van der Waals surface area contributed by atoms with Gasteiger partial charge in [-0.15, -0.1) is 0 Å². The normalized spacial score (nSPS) is 11.1. The Morgan fingerprint density at radius 3 is 2.72 bits per heavy atom. The smallest absolute Gasteiger partial charge is 0.323 e. The molecule has 4 aromatic rings. The van der Waals surface area contributed by atoms with E-state index in [1.807, 2.05) is 24.3 Å². The van der Waals surface area contributed by atoms with Crippen molar-refractivity contribution in [2.45, 2.75) is 19.4 Å². The predicted octanol–water partition coefficient (Wildman–Crippen LogP) is 2.52. The number of carboxylic acid groups (broad SMARTS) is 1. The second kappa shape index (κ2) is 7.63. The number of para-hydroxylation sites is 1. The minimum absolute atomic E-state index is 0.0389. The van der Waals surface area contributed by atoms with Crippen LogP contribution in [0.2, 0.25) is 0 Å². The molecule has 0 atom stereocenters. The van der Waals surface area contributed by atoms with Crippen LogP contribution in [0.25, 0.3) is 22.9 Å². The van der Waals surface area contributed by atoms with Crippen molar-refractivity contribution < 1.29 is 23.5 Å². The standard InChI is InChI=1S/C20H17N3O6/c1-27-14-5-3-2-4-12(14)6-7-13-10-23(11-15(24)25)20(26)16-17(13)29-19(22-16)18-21-8-9-28-18/h2-5,8-10H,6-7,11H2,1H3,(H,24,25). The van der Waals surface area contributed by atoms with E-state index in [1.54, 1.807) is 7.11 Å². The van der Waals surface area contributed by atoms with Crippen LogP contribution in [0.1, 0.15) is 11.1 Å². The third kappa shape index (κ3) is 3.62. The summed E-state index contributed by atoms with van der Waals surface area (Å²) in [6.45, 7) is -0.475. The Hall–Kier alpha value is -3.88. The Labute approximate surface area is 164 Å². The molecule has 0 fully saturated rings. The van der Waals surface area contributed by atoms with Gasteiger partial charge in [-0.2, -0.15) is 4.98 Å². The van der Waals surface area contributed by atoms with E-state index in [2.05, 4.69) is 9.97 Å². The minimum Gasteiger partial charge on any atom is -0.496 e. The number of pyridine rings is 1. The van der Waals surface area contributed by atoms with Crippen molar-refractivity contribution >= 4 is 17.1 Å². The van der Waals surface area contributed by atoms with Crippen LogP contribution in [0.4, 0.5) is 0 Å². The van der Waals surface area contributed by atoms with E-state index >= 15 is 0 Å². The molecule has 3 aromatic heterocycles. The maximum absolute atomic E-state index is 12.7. The lowest BCUT2D eigenvalue weighted by Crippen LogP contribution is -2.24. The van der Waals surface area contributed by atoms with Crippen LogP contribution in [-0.4, -0.2) is 32.7 Å². The van der Waals surface area contributed by atoms with Crippen molar-refractivity contribution in [1.29, 1.82) is 0 Å². The summed E-state index contributed by atoms with van der Waals surface area (Å²) in [6.07, 6.45) is 5.39. The number of hydrogen-bond acceptors (Lipinski definition) is 7. The van der Waals surface area contributed by atoms with Crippen molar-refractivity contribution in [1.82, 2.24) is 14.5 Å². The summed E-state index contributed by atoms with van der Waals surface area (Å²) in [5, 5.41) is 9.14. The number of aliphatic carboxylic acids is 1. The number of fused-ring (bicyclic) bond motifs is 1. The molecule has 0 aliphatic rings. The summed E-state index contributed by atoms with van der Waals surface area (Å²) in [7, 11) is 1.60. The first kappa shape index (κ1) is 18.5. The van der Waals surface area contributed by atoms with Gasteiger partial charge in [-0.25, -0.2) is 4.98 Å². The zero-order chi connectivity index (χ0) is 20.4. The molecule has 0 radical (unpaired) electrons. The molecule has 9 heteroatoms. The van der Waals surface area contributed by atoms with Gasteiger partial charge in [0, 0.05) is 11.8 Å². The third-order valence-electron chi connectivity index (χ3n) is 4.47. The van der Waals surface area contributed by atoms with Gasteiger partial charge in [0.2, 0.25) is 0 Å². The number of rotatable bonds is 7. The topological polar surface area (TPSA) is 121 Å². The molecule has 0 bridgehead atoms. The molecule has 148 valence electrons. The fourth-order valence-corrected chi connectivity index (χ4v) is 3.16. The average Bonchev–Trinajstić information content (AvgIpc) is 3.39. The second-order valence-electron chi connectivity index (χ2n) is 6.33. The molecular weight excluding hydrogens is 378 g/mol. The van der Waals surface area contributed by atoms with Crippen molar-refractivity contribution in [2.75, 3.05) is 7.11 Å². The van der Waals surface area contributed by atoms with Crippen molar-refractivity contribution in [3.63, 3.8) is 0 Å². The van der Waals surface area contributed by atoms with Crippen LogP contribution < -0.4 is 10.3 Å². The van der Waals surface area contributed by atoms with Gasteiger partial charge in [-0.05, 0) is 24.5 Å². The highest BCUT2D eigenvalue weighted by Gasteiger charge is 2.20. The number of methoxy groups -OCH3 is 1. The molecule has 0 spiro atoms. The lowest BCUT2D eigenvalue weighted by molar-refractivity contribution is -0.137. The molecule has 3 heterocycles. The van der Waals surface area contributed by atoms with Crippen molar-refractivity contribution in [2.24, 2.45) is 0 Å². The van der Waals surface area contributed by atoms with Gasteiger partial charge in [-0.3, -0.25) is 9.59 Å². The second-order valence-corrected chi connectivity index (χ2v) is 6.33. The van der Waals surface area contributed by atoms with Gasteiger partial charge in [0.15, 0.2) is 11.1 Å². The number of carboxylic acids is 1. The highest BCUT2D eigenvalue weighted by Crippen LogP contribution is 2.26. The number of carbonyl (C=O) groups is 1. The van der Waals surface area contributed by atoms with Crippen LogP contribution in [0.5, 0.6) is 5.75 Å². The highest BCUT2D eigenvalue weighted by molar-refractivity contribution is 5.78. The van der Waals surface area contributed by atoms with Gasteiger partial charge in [0.25, 0.3) is 17.3 Å². The minimum atomic E-state index is -1.13. The van der Waals surface area contributed by atoms with E-state index in [1.165, 1.54) is 18.7 Å². The summed E-state index contributed by atoms with van der Waals surface area (Å²) >= 11 is 0. The molecule has 0 unspecified atom stereocenters. The Balaban J connectivity index is 1.79. The molecule has 0 aliphatic carbocycles. The first-order valence-corrected chi connectivity index (χ1v) is 8.83. The third-order valence-corrected chi connectivity index (χ3v) is 4.47. The molecule has 1 aromatic carbocycles. The van der Waals surface area contributed by atoms with E-state index in [4.69, 9.17) is 18.7 Å². The lowest BCUT2D eigenvalue weighted by atomic mass is 10.0. The van der Waals surface area contributed by atoms with Crippen LogP contribution in [0.15, 0.2) is 56.6 Å². The number of hydrogen-bond donors (Lipinski definition) is 1. The van der Waals surface area contributed by atoms with Gasteiger partial charge >= 0.3 is 5.97 Å². The van der Waals surface area contributed by atoms with Crippen LogP contribution in [-0.2, 0) is 24.2 Å². The largest absolute Gasteiger partial charge is 0.496 e. The molecule has 9 nitrogen and oxygen atoms in total. The van der Waals surface area contributed by atoms with Gasteiger partial charge in [0.1, 0.15) is 18.6 Å². The molecule has 0 amide bonds. The quantitative estimate of drug-likeness (QED) is 0.507.